The van der Waals surface area contributed by atoms with Gasteiger partial charge in [0.1, 0.15) is 11.4 Å². The van der Waals surface area contributed by atoms with Crippen molar-refractivity contribution in [3.63, 3.8) is 0 Å². The molecule has 0 bridgehead atoms. The highest BCUT2D eigenvalue weighted by atomic mass is 35.5. The quantitative estimate of drug-likeness (QED) is 0.216. The van der Waals surface area contributed by atoms with Crippen LogP contribution in [0.25, 0.3) is 22.4 Å². The Hall–Kier alpha value is -4.75. The Labute approximate surface area is 325 Å². The summed E-state index contributed by atoms with van der Waals surface area (Å²) in [6, 6.07) is 16.6. The predicted molar refractivity (Wildman–Crippen MR) is 208 cm³/mol. The molecule has 54 heavy (non-hydrogen) atoms. The number of hydrogen-bond donors (Lipinski definition) is 1. The first-order valence-corrected chi connectivity index (χ1v) is 18.6. The molecule has 0 unspecified atom stereocenters. The monoisotopic (exact) mass is 771 g/mol. The van der Waals surface area contributed by atoms with Crippen molar-refractivity contribution in [3.8, 4) is 34.0 Å². The van der Waals surface area contributed by atoms with Crippen molar-refractivity contribution >= 4 is 46.6 Å². The minimum absolute atomic E-state index is 0.0805. The zero-order valence-corrected chi connectivity index (χ0v) is 32.3. The van der Waals surface area contributed by atoms with Gasteiger partial charge in [0.05, 0.1) is 35.6 Å². The van der Waals surface area contributed by atoms with Crippen molar-refractivity contribution in [1.29, 1.82) is 0 Å². The fourth-order valence-electron chi connectivity index (χ4n) is 7.68. The number of likely N-dealkylation sites (tertiary alicyclic amines) is 2. The highest BCUT2D eigenvalue weighted by molar-refractivity contribution is 6.39. The van der Waals surface area contributed by atoms with Gasteiger partial charge in [-0.05, 0) is 12.1 Å². The minimum atomic E-state index is -0.440. The van der Waals surface area contributed by atoms with Gasteiger partial charge >= 0.3 is 0 Å². The van der Waals surface area contributed by atoms with E-state index in [0.717, 1.165) is 50.4 Å². The predicted octanol–water partition coefficient (Wildman–Crippen LogP) is 5.72. The number of aromatic nitrogens is 2. The Morgan fingerprint density at radius 2 is 1.41 bits per heavy atom. The van der Waals surface area contributed by atoms with Crippen LogP contribution in [-0.2, 0) is 22.7 Å². The standard InChI is InChI=1S/C40H43Cl2N7O5/c1-25(50)48-15-13-46(14-16-48)20-28-18-43-34(17-35(28)53-3)38(52)44-33-10-6-8-30(37(33)42)29-7-5-9-31(36(29)41)32-12-11-27(39(45-32)54-4)19-47-21-40(22-47)23-49(24-40)26(2)51/h5-12,17-18H,13-16,19-24H2,1-4H3,(H,44,52). The van der Waals surface area contributed by atoms with Gasteiger partial charge in [0.15, 0.2) is 0 Å². The van der Waals surface area contributed by atoms with Gasteiger partial charge in [-0.15, -0.1) is 0 Å². The molecular formula is C40H43Cl2N7O5. The SMILES string of the molecule is COc1cc(C(=O)Nc2cccc(-c3cccc(-c4ccc(CN5CC6(C5)CN(C(C)=O)C6)c(OC)n4)c3Cl)c2Cl)ncc1CN1CCN(C(C)=O)CC1. The van der Waals surface area contributed by atoms with E-state index in [4.69, 9.17) is 37.7 Å². The van der Waals surface area contributed by atoms with Crippen molar-refractivity contribution in [2.24, 2.45) is 5.41 Å². The lowest BCUT2D eigenvalue weighted by Crippen LogP contribution is -2.72. The summed E-state index contributed by atoms with van der Waals surface area (Å²) in [7, 11) is 3.18. The maximum Gasteiger partial charge on any atom is 0.274 e. The Morgan fingerprint density at radius 3 is 2.07 bits per heavy atom. The van der Waals surface area contributed by atoms with Crippen LogP contribution in [0.2, 0.25) is 10.0 Å². The highest BCUT2D eigenvalue weighted by Gasteiger charge is 2.52. The number of carbonyl (C=O) groups excluding carboxylic acids is 3. The summed E-state index contributed by atoms with van der Waals surface area (Å²) < 4.78 is 11.4. The number of halogens is 2. The van der Waals surface area contributed by atoms with E-state index < -0.39 is 5.91 Å². The fraction of sp³-hybridized carbons (Fsp3) is 0.375. The van der Waals surface area contributed by atoms with Crippen LogP contribution in [0.5, 0.6) is 11.6 Å². The summed E-state index contributed by atoms with van der Waals surface area (Å²) >= 11 is 14.0. The molecule has 2 aromatic heterocycles. The number of ether oxygens (including phenoxy) is 2. The second-order valence-corrected chi connectivity index (χ2v) is 15.1. The Kier molecular flexibility index (Phi) is 10.8. The number of pyridine rings is 2. The van der Waals surface area contributed by atoms with Crippen molar-refractivity contribution < 1.29 is 23.9 Å². The molecule has 3 aliphatic heterocycles. The molecule has 2 aromatic carbocycles. The molecule has 282 valence electrons. The van der Waals surface area contributed by atoms with Crippen LogP contribution < -0.4 is 14.8 Å². The molecule has 3 fully saturated rings. The molecule has 3 aliphatic rings. The maximum atomic E-state index is 13.5. The molecule has 4 aromatic rings. The Morgan fingerprint density at radius 1 is 0.759 bits per heavy atom. The molecule has 0 aliphatic carbocycles. The smallest absolute Gasteiger partial charge is 0.274 e. The normalized spacial score (nSPS) is 16.8. The lowest BCUT2D eigenvalue weighted by atomic mass is 9.72. The van der Waals surface area contributed by atoms with Crippen molar-refractivity contribution in [2.75, 3.05) is 71.9 Å². The van der Waals surface area contributed by atoms with Crippen LogP contribution in [0.1, 0.15) is 35.5 Å². The first-order valence-electron chi connectivity index (χ1n) is 17.9. The van der Waals surface area contributed by atoms with E-state index in [1.54, 1.807) is 52.5 Å². The first kappa shape index (κ1) is 37.6. The maximum absolute atomic E-state index is 13.5. The zero-order chi connectivity index (χ0) is 38.1. The largest absolute Gasteiger partial charge is 0.496 e. The molecular weight excluding hydrogens is 729 g/mol. The Bertz CT molecular complexity index is 2090. The van der Waals surface area contributed by atoms with Crippen molar-refractivity contribution in [1.82, 2.24) is 29.6 Å². The summed E-state index contributed by atoms with van der Waals surface area (Å²) in [5.41, 5.74) is 5.31. The number of carbonyl (C=O) groups is 3. The number of amides is 3. The van der Waals surface area contributed by atoms with E-state index in [2.05, 4.69) is 20.1 Å². The van der Waals surface area contributed by atoms with Gasteiger partial charge in [0, 0.05) is 125 Å². The highest BCUT2D eigenvalue weighted by Crippen LogP contribution is 2.43. The summed E-state index contributed by atoms with van der Waals surface area (Å²) in [6.07, 6.45) is 1.66. The summed E-state index contributed by atoms with van der Waals surface area (Å²) in [5, 5.41) is 3.69. The van der Waals surface area contributed by atoms with Crippen LogP contribution in [0.4, 0.5) is 5.69 Å². The van der Waals surface area contributed by atoms with Gasteiger partial charge in [0.2, 0.25) is 17.7 Å². The molecule has 0 atom stereocenters. The third-order valence-corrected chi connectivity index (χ3v) is 11.4. The third kappa shape index (κ3) is 7.61. The van der Waals surface area contributed by atoms with Crippen LogP contribution in [0, 0.1) is 5.41 Å². The molecule has 14 heteroatoms. The molecule has 0 saturated carbocycles. The van der Waals surface area contributed by atoms with Gasteiger partial charge < -0.3 is 24.6 Å². The molecule has 1 N–H and O–H groups in total. The van der Waals surface area contributed by atoms with Crippen LogP contribution in [0.15, 0.2) is 60.8 Å². The number of methoxy groups -OCH3 is 2. The van der Waals surface area contributed by atoms with E-state index in [0.29, 0.717) is 75.9 Å². The number of nitrogens with zero attached hydrogens (tertiary/aromatic N) is 6. The number of piperazine rings is 1. The summed E-state index contributed by atoms with van der Waals surface area (Å²) in [6.45, 7) is 10.9. The molecule has 5 heterocycles. The van der Waals surface area contributed by atoms with Crippen molar-refractivity contribution in [3.05, 3.63) is 87.7 Å². The number of benzene rings is 2. The van der Waals surface area contributed by atoms with Gasteiger partial charge in [-0.3, -0.25) is 29.2 Å². The number of nitrogens with one attached hydrogen (secondary N) is 1. The van der Waals surface area contributed by atoms with Gasteiger partial charge in [-0.25, -0.2) is 4.98 Å². The number of anilines is 1. The molecule has 1 spiro atoms. The molecule has 7 rings (SSSR count). The lowest BCUT2D eigenvalue weighted by molar-refractivity contribution is -0.157. The van der Waals surface area contributed by atoms with E-state index >= 15 is 0 Å². The topological polar surface area (TPSA) is 120 Å². The van der Waals surface area contributed by atoms with E-state index in [1.165, 1.54) is 0 Å². The number of hydrogen-bond acceptors (Lipinski definition) is 9. The van der Waals surface area contributed by atoms with Crippen LogP contribution >= 0.6 is 23.2 Å². The summed E-state index contributed by atoms with van der Waals surface area (Å²) in [5.74, 6) is 0.857. The summed E-state index contributed by atoms with van der Waals surface area (Å²) in [4.78, 5) is 54.4. The molecule has 12 nitrogen and oxygen atoms in total. The Balaban J connectivity index is 1.04. The number of rotatable bonds is 10. The fourth-order valence-corrected chi connectivity index (χ4v) is 8.28. The minimum Gasteiger partial charge on any atom is -0.496 e. The third-order valence-electron chi connectivity index (χ3n) is 10.6. The van der Waals surface area contributed by atoms with Gasteiger partial charge in [-0.1, -0.05) is 59.6 Å². The average molecular weight is 773 g/mol. The second-order valence-electron chi connectivity index (χ2n) is 14.3. The zero-order valence-electron chi connectivity index (χ0n) is 30.8. The van der Waals surface area contributed by atoms with E-state index in [-0.39, 0.29) is 22.9 Å². The molecule has 3 saturated heterocycles. The second kappa shape index (κ2) is 15.5. The van der Waals surface area contributed by atoms with Crippen molar-refractivity contribution in [2.45, 2.75) is 26.9 Å². The van der Waals surface area contributed by atoms with E-state index in [9.17, 15) is 14.4 Å². The van der Waals surface area contributed by atoms with E-state index in [1.807, 2.05) is 46.2 Å². The average Bonchev–Trinajstić information content (AvgIpc) is 3.13. The van der Waals surface area contributed by atoms with Gasteiger partial charge in [0.25, 0.3) is 5.91 Å². The van der Waals surface area contributed by atoms with Crippen LogP contribution in [0.3, 0.4) is 0 Å². The van der Waals surface area contributed by atoms with Crippen LogP contribution in [-0.4, -0.2) is 114 Å². The molecule has 0 radical (unpaired) electrons. The molecule has 3 amide bonds. The van der Waals surface area contributed by atoms with Gasteiger partial charge in [-0.2, -0.15) is 0 Å². The lowest BCUT2D eigenvalue weighted by Gasteiger charge is -2.60. The first-order chi connectivity index (χ1) is 26.0.